The highest BCUT2D eigenvalue weighted by atomic mass is 35.5. The molecule has 2 aliphatic carbocycles. The van der Waals surface area contributed by atoms with Crippen LogP contribution in [-0.2, 0) is 4.79 Å². The summed E-state index contributed by atoms with van der Waals surface area (Å²) in [5.41, 5.74) is 0.877. The number of halogens is 1. The first-order valence-electron chi connectivity index (χ1n) is 7.84. The zero-order chi connectivity index (χ0) is 15.7. The van der Waals surface area contributed by atoms with Crippen LogP contribution in [0.25, 0.3) is 0 Å². The van der Waals surface area contributed by atoms with Gasteiger partial charge in [-0.25, -0.2) is 0 Å². The van der Waals surface area contributed by atoms with Crippen LogP contribution in [0.2, 0.25) is 5.02 Å². The maximum Gasteiger partial charge on any atom is 0.303 e. The highest BCUT2D eigenvalue weighted by molar-refractivity contribution is 6.31. The minimum Gasteiger partial charge on any atom is -0.493 e. The summed E-state index contributed by atoms with van der Waals surface area (Å²) in [4.78, 5) is 11.2. The topological polar surface area (TPSA) is 55.8 Å². The third-order valence-electron chi connectivity index (χ3n) is 4.61. The first kappa shape index (κ1) is 15.5. The van der Waals surface area contributed by atoms with Gasteiger partial charge in [-0.05, 0) is 55.6 Å². The van der Waals surface area contributed by atoms with E-state index in [1.165, 1.54) is 6.42 Å². The number of carbonyl (C=O) groups is 1. The van der Waals surface area contributed by atoms with Gasteiger partial charge in [0.15, 0.2) is 11.5 Å². The monoisotopic (exact) mass is 324 g/mol. The van der Waals surface area contributed by atoms with Crippen molar-refractivity contribution in [2.24, 2.45) is 5.92 Å². The van der Waals surface area contributed by atoms with Crippen LogP contribution in [0.1, 0.15) is 50.0 Å². The Balaban J connectivity index is 1.90. The molecule has 2 saturated carbocycles. The van der Waals surface area contributed by atoms with Crippen LogP contribution in [0.5, 0.6) is 11.5 Å². The summed E-state index contributed by atoms with van der Waals surface area (Å²) in [7, 11) is 1.59. The Bertz CT molecular complexity index is 564. The van der Waals surface area contributed by atoms with Gasteiger partial charge in [0.05, 0.1) is 19.6 Å². The van der Waals surface area contributed by atoms with Gasteiger partial charge in [-0.1, -0.05) is 11.6 Å². The van der Waals surface area contributed by atoms with Gasteiger partial charge in [0.25, 0.3) is 0 Å². The number of rotatable bonds is 7. The Hall–Kier alpha value is -1.42. The van der Waals surface area contributed by atoms with Crippen molar-refractivity contribution >= 4 is 17.6 Å². The number of methoxy groups -OCH3 is 1. The molecule has 0 heterocycles. The summed E-state index contributed by atoms with van der Waals surface area (Å²) in [5.74, 6) is 0.886. The normalized spacial score (nSPS) is 19.4. The molecule has 3 rings (SSSR count). The van der Waals surface area contributed by atoms with Gasteiger partial charge in [-0.15, -0.1) is 0 Å². The van der Waals surface area contributed by atoms with E-state index >= 15 is 0 Å². The molecule has 22 heavy (non-hydrogen) atoms. The number of aliphatic carboxylic acids is 1. The molecule has 1 aromatic carbocycles. The molecule has 0 aliphatic heterocycles. The van der Waals surface area contributed by atoms with Crippen molar-refractivity contribution in [1.29, 1.82) is 0 Å². The summed E-state index contributed by atoms with van der Waals surface area (Å²) < 4.78 is 11.4. The third-order valence-corrected chi connectivity index (χ3v) is 4.94. The zero-order valence-electron chi connectivity index (χ0n) is 12.7. The standard InChI is InChI=1S/C17H21ClO4/c1-21-15-9-14(18)13(7-16(15)22-11-3-2-4-11)12(8-17(19)20)10-5-6-10/h7,9-12H,2-6,8H2,1H3,(H,19,20). The lowest BCUT2D eigenvalue weighted by atomic mass is 9.90. The number of ether oxygens (including phenoxy) is 2. The Kier molecular flexibility index (Phi) is 4.48. The molecule has 4 nitrogen and oxygen atoms in total. The molecule has 2 fully saturated rings. The molecule has 2 aliphatic rings. The molecular formula is C17H21ClO4. The third kappa shape index (κ3) is 3.32. The van der Waals surface area contributed by atoms with Crippen LogP contribution in [0.3, 0.4) is 0 Å². The maximum atomic E-state index is 11.2. The summed E-state index contributed by atoms with van der Waals surface area (Å²) in [6.45, 7) is 0. The lowest BCUT2D eigenvalue weighted by molar-refractivity contribution is -0.137. The van der Waals surface area contributed by atoms with Gasteiger partial charge in [0, 0.05) is 11.1 Å². The molecule has 1 atom stereocenters. The van der Waals surface area contributed by atoms with Crippen molar-refractivity contribution in [1.82, 2.24) is 0 Å². The van der Waals surface area contributed by atoms with Crippen LogP contribution in [0, 0.1) is 5.92 Å². The Morgan fingerprint density at radius 3 is 2.55 bits per heavy atom. The number of hydrogen-bond acceptors (Lipinski definition) is 3. The highest BCUT2D eigenvalue weighted by Gasteiger charge is 2.35. The lowest BCUT2D eigenvalue weighted by Crippen LogP contribution is -2.25. The molecule has 1 aromatic rings. The molecule has 0 saturated heterocycles. The van der Waals surface area contributed by atoms with E-state index in [1.54, 1.807) is 13.2 Å². The van der Waals surface area contributed by atoms with Crippen LogP contribution in [-0.4, -0.2) is 24.3 Å². The Morgan fingerprint density at radius 1 is 1.32 bits per heavy atom. The van der Waals surface area contributed by atoms with Crippen molar-refractivity contribution in [3.63, 3.8) is 0 Å². The van der Waals surface area contributed by atoms with Gasteiger partial charge < -0.3 is 14.6 Å². The second-order valence-electron chi connectivity index (χ2n) is 6.24. The Morgan fingerprint density at radius 2 is 2.05 bits per heavy atom. The molecule has 5 heteroatoms. The van der Waals surface area contributed by atoms with Gasteiger partial charge >= 0.3 is 5.97 Å². The van der Waals surface area contributed by atoms with E-state index in [2.05, 4.69) is 0 Å². The van der Waals surface area contributed by atoms with E-state index in [0.29, 0.717) is 22.4 Å². The molecule has 0 radical (unpaired) electrons. The lowest BCUT2D eigenvalue weighted by Gasteiger charge is -2.28. The van der Waals surface area contributed by atoms with Crippen molar-refractivity contribution in [2.45, 2.75) is 50.5 Å². The van der Waals surface area contributed by atoms with Gasteiger partial charge in [-0.3, -0.25) is 4.79 Å². The fourth-order valence-corrected chi connectivity index (χ4v) is 3.27. The summed E-state index contributed by atoms with van der Waals surface area (Å²) in [5, 5.41) is 9.74. The largest absolute Gasteiger partial charge is 0.493 e. The predicted octanol–water partition coefficient (Wildman–Crippen LogP) is 4.25. The predicted molar refractivity (Wildman–Crippen MR) is 84.0 cm³/mol. The fourth-order valence-electron chi connectivity index (χ4n) is 2.97. The van der Waals surface area contributed by atoms with Crippen molar-refractivity contribution < 1.29 is 19.4 Å². The average molecular weight is 325 g/mol. The number of carboxylic acid groups (broad SMARTS) is 1. The molecular weight excluding hydrogens is 304 g/mol. The highest BCUT2D eigenvalue weighted by Crippen LogP contribution is 2.48. The second kappa shape index (κ2) is 6.37. The zero-order valence-corrected chi connectivity index (χ0v) is 13.4. The van der Waals surface area contributed by atoms with Crippen molar-refractivity contribution in [3.05, 3.63) is 22.7 Å². The van der Waals surface area contributed by atoms with Gasteiger partial charge in [-0.2, -0.15) is 0 Å². The molecule has 1 unspecified atom stereocenters. The van der Waals surface area contributed by atoms with Gasteiger partial charge in [0.2, 0.25) is 0 Å². The van der Waals surface area contributed by atoms with Crippen LogP contribution in [0.15, 0.2) is 12.1 Å². The SMILES string of the molecule is COc1cc(Cl)c(C(CC(=O)O)C2CC2)cc1OC1CCC1. The average Bonchev–Trinajstić information content (AvgIpc) is 3.25. The second-order valence-corrected chi connectivity index (χ2v) is 6.64. The smallest absolute Gasteiger partial charge is 0.303 e. The summed E-state index contributed by atoms with van der Waals surface area (Å²) >= 11 is 6.39. The summed E-state index contributed by atoms with van der Waals surface area (Å²) in [6, 6.07) is 3.65. The molecule has 0 amide bonds. The van der Waals surface area contributed by atoms with Crippen LogP contribution in [0.4, 0.5) is 0 Å². The minimum atomic E-state index is -0.787. The molecule has 0 bridgehead atoms. The number of benzene rings is 1. The fraction of sp³-hybridized carbons (Fsp3) is 0.588. The first-order valence-corrected chi connectivity index (χ1v) is 8.22. The minimum absolute atomic E-state index is 0.0420. The molecule has 0 aromatic heterocycles. The van der Waals surface area contributed by atoms with Crippen LogP contribution < -0.4 is 9.47 Å². The van der Waals surface area contributed by atoms with E-state index in [0.717, 1.165) is 31.2 Å². The Labute approximate surface area is 135 Å². The number of carboxylic acids is 1. The molecule has 0 spiro atoms. The van der Waals surface area contributed by atoms with E-state index in [1.807, 2.05) is 6.07 Å². The maximum absolute atomic E-state index is 11.2. The van der Waals surface area contributed by atoms with E-state index in [9.17, 15) is 9.90 Å². The number of hydrogen-bond donors (Lipinski definition) is 1. The quantitative estimate of drug-likeness (QED) is 0.814. The van der Waals surface area contributed by atoms with E-state index < -0.39 is 5.97 Å². The van der Waals surface area contributed by atoms with E-state index in [4.69, 9.17) is 21.1 Å². The molecule has 120 valence electrons. The summed E-state index contributed by atoms with van der Waals surface area (Å²) in [6.07, 6.45) is 5.79. The van der Waals surface area contributed by atoms with Crippen molar-refractivity contribution in [2.75, 3.05) is 7.11 Å². The van der Waals surface area contributed by atoms with Crippen LogP contribution >= 0.6 is 11.6 Å². The molecule has 1 N–H and O–H groups in total. The van der Waals surface area contributed by atoms with E-state index in [-0.39, 0.29) is 18.4 Å². The first-order chi connectivity index (χ1) is 10.6. The van der Waals surface area contributed by atoms with Gasteiger partial charge in [0.1, 0.15) is 0 Å². The van der Waals surface area contributed by atoms with Crippen molar-refractivity contribution in [3.8, 4) is 11.5 Å².